The molecule has 2 heterocycles. The van der Waals surface area contributed by atoms with Crippen molar-refractivity contribution in [3.8, 4) is 0 Å². The van der Waals surface area contributed by atoms with E-state index in [2.05, 4.69) is 0 Å². The number of hydrogen-bond donors (Lipinski definition) is 0. The largest absolute Gasteiger partial charge is 0.342 e. The molecule has 0 spiro atoms. The number of benzene rings is 1. The van der Waals surface area contributed by atoms with Gasteiger partial charge in [0, 0.05) is 32.1 Å². The van der Waals surface area contributed by atoms with Crippen molar-refractivity contribution in [1.29, 1.82) is 0 Å². The van der Waals surface area contributed by atoms with E-state index >= 15 is 0 Å². The average molecular weight is 360 g/mol. The Hall–Kier alpha value is -2.27. The number of carbonyl (C=O) groups is 2. The summed E-state index contributed by atoms with van der Waals surface area (Å²) < 4.78 is 1.93. The molecule has 1 aliphatic heterocycles. The molecule has 2 aromatic rings. The first-order valence-electron chi connectivity index (χ1n) is 8.53. The summed E-state index contributed by atoms with van der Waals surface area (Å²) in [6.07, 6.45) is 2.93. The molecule has 132 valence electrons. The van der Waals surface area contributed by atoms with Gasteiger partial charge in [-0.05, 0) is 31.0 Å². The van der Waals surface area contributed by atoms with Crippen LogP contribution in [0.4, 0.5) is 17.1 Å². The van der Waals surface area contributed by atoms with E-state index in [1.807, 2.05) is 48.9 Å². The van der Waals surface area contributed by atoms with Gasteiger partial charge in [-0.15, -0.1) is 11.6 Å². The van der Waals surface area contributed by atoms with E-state index in [-0.39, 0.29) is 24.1 Å². The number of rotatable bonds is 4. The number of fused-ring (bicyclic) bond motifs is 2. The molecule has 0 bridgehead atoms. The Bertz CT molecular complexity index is 828. The summed E-state index contributed by atoms with van der Waals surface area (Å²) in [5, 5.41) is 0. The van der Waals surface area contributed by atoms with Crippen LogP contribution >= 0.6 is 11.6 Å². The minimum absolute atomic E-state index is 0.102. The third-order valence-corrected chi connectivity index (χ3v) is 4.81. The van der Waals surface area contributed by atoms with E-state index in [1.54, 1.807) is 16.8 Å². The zero-order chi connectivity index (χ0) is 18.1. The van der Waals surface area contributed by atoms with Crippen molar-refractivity contribution in [2.45, 2.75) is 33.2 Å². The highest BCUT2D eigenvalue weighted by Gasteiger charge is 2.36. The lowest BCUT2D eigenvalue weighted by molar-refractivity contribution is -0.117. The van der Waals surface area contributed by atoms with Gasteiger partial charge in [0.2, 0.25) is 5.91 Å². The van der Waals surface area contributed by atoms with E-state index in [4.69, 9.17) is 11.6 Å². The number of amides is 2. The lowest BCUT2D eigenvalue weighted by atomic mass is 10.1. The molecule has 25 heavy (non-hydrogen) atoms. The Labute approximate surface area is 152 Å². The van der Waals surface area contributed by atoms with E-state index in [1.165, 1.54) is 0 Å². The molecule has 0 aliphatic carbocycles. The molecule has 0 saturated carbocycles. The summed E-state index contributed by atoms with van der Waals surface area (Å²) in [5.41, 5.74) is 3.67. The third-order valence-electron chi connectivity index (χ3n) is 4.62. The molecule has 1 aromatic carbocycles. The standard InChI is InChI=1S/C19H22ClN3O2/c1-4-13-12-22(5-2)18-17(13)23(16(24)10-11-20)15-9-7-6-8-14(15)21(3)19(18)25/h6-9,12H,4-5,10-11H2,1-3H3. The summed E-state index contributed by atoms with van der Waals surface area (Å²) in [5.74, 6) is 0.0348. The smallest absolute Gasteiger partial charge is 0.276 e. The maximum Gasteiger partial charge on any atom is 0.276 e. The summed E-state index contributed by atoms with van der Waals surface area (Å²) in [4.78, 5) is 29.4. The SMILES string of the molecule is CCc1cn(CC)c2c1N(C(=O)CCCl)c1ccccc1N(C)C2=O. The molecule has 0 atom stereocenters. The van der Waals surface area contributed by atoms with Crippen molar-refractivity contribution >= 4 is 40.5 Å². The number of aromatic nitrogens is 1. The van der Waals surface area contributed by atoms with E-state index < -0.39 is 0 Å². The first-order chi connectivity index (χ1) is 12.0. The van der Waals surface area contributed by atoms with Gasteiger partial charge in [0.15, 0.2) is 0 Å². The van der Waals surface area contributed by atoms with Gasteiger partial charge in [-0.25, -0.2) is 0 Å². The molecular weight excluding hydrogens is 338 g/mol. The Morgan fingerprint density at radius 1 is 1.16 bits per heavy atom. The van der Waals surface area contributed by atoms with Crippen molar-refractivity contribution in [3.05, 3.63) is 41.7 Å². The number of hydrogen-bond acceptors (Lipinski definition) is 2. The van der Waals surface area contributed by atoms with Crippen LogP contribution in [0.15, 0.2) is 30.5 Å². The molecule has 0 radical (unpaired) electrons. The highest BCUT2D eigenvalue weighted by molar-refractivity contribution is 6.21. The third kappa shape index (κ3) is 2.72. The van der Waals surface area contributed by atoms with Gasteiger partial charge in [0.25, 0.3) is 5.91 Å². The minimum atomic E-state index is -0.106. The lowest BCUT2D eigenvalue weighted by Gasteiger charge is -2.25. The number of nitrogens with zero attached hydrogens (tertiary/aromatic N) is 3. The predicted octanol–water partition coefficient (Wildman–Crippen LogP) is 3.95. The zero-order valence-corrected chi connectivity index (χ0v) is 15.5. The summed E-state index contributed by atoms with van der Waals surface area (Å²) in [6, 6.07) is 7.49. The van der Waals surface area contributed by atoms with Crippen molar-refractivity contribution in [2.24, 2.45) is 0 Å². The first kappa shape index (κ1) is 17.5. The first-order valence-corrected chi connectivity index (χ1v) is 9.06. The molecule has 0 N–H and O–H groups in total. The Morgan fingerprint density at radius 3 is 2.44 bits per heavy atom. The Kier molecular flexibility index (Phi) is 4.86. The molecular formula is C19H22ClN3O2. The van der Waals surface area contributed by atoms with Crippen LogP contribution in [0.2, 0.25) is 0 Å². The van der Waals surface area contributed by atoms with Crippen molar-refractivity contribution in [3.63, 3.8) is 0 Å². The van der Waals surface area contributed by atoms with Gasteiger partial charge in [-0.1, -0.05) is 19.1 Å². The molecule has 2 amide bonds. The van der Waals surface area contributed by atoms with Crippen LogP contribution in [-0.4, -0.2) is 29.3 Å². The summed E-state index contributed by atoms with van der Waals surface area (Å²) in [7, 11) is 1.75. The minimum Gasteiger partial charge on any atom is -0.342 e. The van der Waals surface area contributed by atoms with Crippen LogP contribution in [0.5, 0.6) is 0 Å². The van der Waals surface area contributed by atoms with Gasteiger partial charge < -0.3 is 9.47 Å². The van der Waals surface area contributed by atoms with Crippen LogP contribution in [0.25, 0.3) is 0 Å². The fraction of sp³-hybridized carbons (Fsp3) is 0.368. The van der Waals surface area contributed by atoms with E-state index in [9.17, 15) is 9.59 Å². The van der Waals surface area contributed by atoms with Crippen LogP contribution in [0.1, 0.15) is 36.3 Å². The highest BCUT2D eigenvalue weighted by atomic mass is 35.5. The topological polar surface area (TPSA) is 45.6 Å². The quantitative estimate of drug-likeness (QED) is 0.776. The predicted molar refractivity (Wildman–Crippen MR) is 101 cm³/mol. The van der Waals surface area contributed by atoms with E-state index in [0.29, 0.717) is 17.9 Å². The lowest BCUT2D eigenvalue weighted by Crippen LogP contribution is -2.27. The van der Waals surface area contributed by atoms with Crippen molar-refractivity contribution in [1.82, 2.24) is 4.57 Å². The van der Waals surface area contributed by atoms with Crippen LogP contribution in [0.3, 0.4) is 0 Å². The number of carbonyl (C=O) groups excluding carboxylic acids is 2. The Balaban J connectivity index is 2.36. The number of alkyl halides is 1. The van der Waals surface area contributed by atoms with Gasteiger partial charge in [0.1, 0.15) is 5.69 Å². The maximum atomic E-state index is 13.2. The Morgan fingerprint density at radius 2 is 1.84 bits per heavy atom. The van der Waals surface area contributed by atoms with Gasteiger partial charge in [0.05, 0.1) is 17.1 Å². The average Bonchev–Trinajstić information content (AvgIpc) is 2.95. The molecule has 1 aliphatic rings. The normalized spacial score (nSPS) is 13.5. The van der Waals surface area contributed by atoms with Gasteiger partial charge in [-0.3, -0.25) is 14.5 Å². The monoisotopic (exact) mass is 359 g/mol. The molecule has 3 rings (SSSR count). The van der Waals surface area contributed by atoms with Crippen LogP contribution in [-0.2, 0) is 17.8 Å². The number of para-hydroxylation sites is 2. The number of anilines is 3. The highest BCUT2D eigenvalue weighted by Crippen LogP contribution is 2.43. The molecule has 6 heteroatoms. The fourth-order valence-electron chi connectivity index (χ4n) is 3.36. The molecule has 5 nitrogen and oxygen atoms in total. The second-order valence-electron chi connectivity index (χ2n) is 6.01. The summed E-state index contributed by atoms with van der Waals surface area (Å²) in [6.45, 7) is 4.69. The zero-order valence-electron chi connectivity index (χ0n) is 14.8. The summed E-state index contributed by atoms with van der Waals surface area (Å²) >= 11 is 5.84. The van der Waals surface area contributed by atoms with Crippen LogP contribution in [0, 0.1) is 0 Å². The second kappa shape index (κ2) is 6.92. The molecule has 0 fully saturated rings. The molecule has 0 unspecified atom stereocenters. The fourth-order valence-corrected chi connectivity index (χ4v) is 3.52. The van der Waals surface area contributed by atoms with Gasteiger partial charge in [-0.2, -0.15) is 0 Å². The van der Waals surface area contributed by atoms with E-state index in [0.717, 1.165) is 23.4 Å². The molecule has 0 saturated heterocycles. The van der Waals surface area contributed by atoms with Crippen molar-refractivity contribution < 1.29 is 9.59 Å². The number of halogens is 1. The number of aryl methyl sites for hydroxylation is 2. The van der Waals surface area contributed by atoms with Gasteiger partial charge >= 0.3 is 0 Å². The van der Waals surface area contributed by atoms with Crippen molar-refractivity contribution in [2.75, 3.05) is 22.7 Å². The van der Waals surface area contributed by atoms with Crippen LogP contribution < -0.4 is 9.80 Å². The second-order valence-corrected chi connectivity index (χ2v) is 6.39. The molecule has 1 aromatic heterocycles. The maximum absolute atomic E-state index is 13.2.